The van der Waals surface area contributed by atoms with Crippen LogP contribution in [0, 0.1) is 0 Å². The van der Waals surface area contributed by atoms with E-state index in [1.165, 1.54) is 11.8 Å². The average Bonchev–Trinajstić information content (AvgIpc) is 2.55. The fourth-order valence-electron chi connectivity index (χ4n) is 2.70. The van der Waals surface area contributed by atoms with Crippen molar-refractivity contribution in [1.29, 1.82) is 0 Å². The van der Waals surface area contributed by atoms with Crippen LogP contribution < -0.4 is 5.32 Å². The van der Waals surface area contributed by atoms with Gasteiger partial charge in [-0.2, -0.15) is 0 Å². The highest BCUT2D eigenvalue weighted by Crippen LogP contribution is 2.08. The number of piperazine rings is 1. The van der Waals surface area contributed by atoms with Crippen LogP contribution in [-0.4, -0.2) is 75.5 Å². The van der Waals surface area contributed by atoms with E-state index in [0.29, 0.717) is 6.54 Å². The minimum absolute atomic E-state index is 0. The fraction of sp³-hybridized carbons (Fsp3) is 0.588. The van der Waals surface area contributed by atoms with Gasteiger partial charge in [0, 0.05) is 45.5 Å². The normalized spacial score (nSPS) is 16.4. The van der Waals surface area contributed by atoms with Gasteiger partial charge >= 0.3 is 0 Å². The van der Waals surface area contributed by atoms with Crippen molar-refractivity contribution in [2.45, 2.75) is 13.5 Å². The second-order valence-corrected chi connectivity index (χ2v) is 8.37. The number of guanidine groups is 1. The lowest BCUT2D eigenvalue weighted by atomic mass is 10.2. The lowest BCUT2D eigenvalue weighted by Gasteiger charge is -2.36. The number of aliphatic imine (C=N–C) groups is 1. The van der Waals surface area contributed by atoms with E-state index in [1.807, 2.05) is 13.0 Å². The number of benzene rings is 1. The molecule has 0 bridgehead atoms. The van der Waals surface area contributed by atoms with Crippen LogP contribution in [-0.2, 0) is 16.4 Å². The Balaban J connectivity index is 0.00000312. The molecule has 0 atom stereocenters. The van der Waals surface area contributed by atoms with Gasteiger partial charge in [0.05, 0.1) is 12.3 Å². The van der Waals surface area contributed by atoms with Crippen molar-refractivity contribution in [3.8, 4) is 0 Å². The van der Waals surface area contributed by atoms with E-state index in [1.54, 1.807) is 0 Å². The van der Waals surface area contributed by atoms with Crippen molar-refractivity contribution in [2.75, 3.05) is 51.3 Å². The third-order valence-corrected chi connectivity index (χ3v) is 4.90. The van der Waals surface area contributed by atoms with Crippen molar-refractivity contribution in [2.24, 2.45) is 4.99 Å². The molecule has 8 heteroatoms. The highest BCUT2D eigenvalue weighted by Gasteiger charge is 2.19. The van der Waals surface area contributed by atoms with Crippen molar-refractivity contribution >= 4 is 39.8 Å². The first-order valence-corrected chi connectivity index (χ1v) is 10.5. The van der Waals surface area contributed by atoms with E-state index in [9.17, 15) is 8.42 Å². The molecule has 0 spiro atoms. The summed E-state index contributed by atoms with van der Waals surface area (Å²) in [6.07, 6.45) is 1.25. The maximum absolute atomic E-state index is 11.3. The summed E-state index contributed by atoms with van der Waals surface area (Å²) in [4.78, 5) is 9.12. The Kier molecular flexibility index (Phi) is 9.73. The summed E-state index contributed by atoms with van der Waals surface area (Å²) in [5.41, 5.74) is 1.33. The van der Waals surface area contributed by atoms with Gasteiger partial charge < -0.3 is 10.2 Å². The van der Waals surface area contributed by atoms with Crippen molar-refractivity contribution < 1.29 is 8.42 Å². The van der Waals surface area contributed by atoms with Crippen LogP contribution in [0.2, 0.25) is 0 Å². The van der Waals surface area contributed by atoms with Crippen molar-refractivity contribution in [1.82, 2.24) is 15.1 Å². The minimum Gasteiger partial charge on any atom is -0.357 e. The van der Waals surface area contributed by atoms with Crippen LogP contribution in [0.15, 0.2) is 35.3 Å². The topological polar surface area (TPSA) is 65.0 Å². The zero-order valence-corrected chi connectivity index (χ0v) is 18.2. The van der Waals surface area contributed by atoms with Gasteiger partial charge in [0.15, 0.2) is 5.96 Å². The molecule has 0 amide bonds. The van der Waals surface area contributed by atoms with Crippen molar-refractivity contribution in [3.63, 3.8) is 0 Å². The van der Waals surface area contributed by atoms with Crippen LogP contribution in [0.5, 0.6) is 0 Å². The van der Waals surface area contributed by atoms with Gasteiger partial charge in [0.25, 0.3) is 0 Å². The first kappa shape index (κ1) is 22.2. The molecule has 2 rings (SSSR count). The number of nitrogens with one attached hydrogen (secondary N) is 1. The molecular weight excluding hydrogens is 451 g/mol. The summed E-state index contributed by atoms with van der Waals surface area (Å²) >= 11 is 0. The molecule has 1 aromatic rings. The van der Waals surface area contributed by atoms with Crippen LogP contribution in [0.1, 0.15) is 12.5 Å². The highest BCUT2D eigenvalue weighted by atomic mass is 127. The molecule has 1 aliphatic rings. The molecule has 1 aromatic carbocycles. The molecule has 142 valence electrons. The molecule has 0 aliphatic carbocycles. The molecule has 1 saturated heterocycles. The van der Waals surface area contributed by atoms with Gasteiger partial charge in [-0.05, 0) is 12.5 Å². The SMILES string of the molecule is CCNC(=NCCS(C)(=O)=O)N1CCN(Cc2ccccc2)CC1.I. The van der Waals surface area contributed by atoms with E-state index in [-0.39, 0.29) is 29.7 Å². The van der Waals surface area contributed by atoms with E-state index >= 15 is 0 Å². The van der Waals surface area contributed by atoms with Crippen molar-refractivity contribution in [3.05, 3.63) is 35.9 Å². The minimum atomic E-state index is -2.97. The summed E-state index contributed by atoms with van der Waals surface area (Å²) in [7, 11) is -2.97. The van der Waals surface area contributed by atoms with Gasteiger partial charge in [0.1, 0.15) is 9.84 Å². The third kappa shape index (κ3) is 8.37. The Morgan fingerprint density at radius 1 is 1.16 bits per heavy atom. The zero-order valence-electron chi connectivity index (χ0n) is 15.0. The summed E-state index contributed by atoms with van der Waals surface area (Å²) in [5, 5.41) is 3.27. The van der Waals surface area contributed by atoms with E-state index in [4.69, 9.17) is 0 Å². The standard InChI is InChI=1S/C17H28N4O2S.HI/c1-3-18-17(19-9-14-24(2,22)23)21-12-10-20(11-13-21)15-16-7-5-4-6-8-16;/h4-8H,3,9-15H2,1-2H3,(H,18,19);1H. The highest BCUT2D eigenvalue weighted by molar-refractivity contribution is 14.0. The van der Waals surface area contributed by atoms with E-state index < -0.39 is 9.84 Å². The van der Waals surface area contributed by atoms with Crippen LogP contribution in [0.25, 0.3) is 0 Å². The van der Waals surface area contributed by atoms with Gasteiger partial charge in [0.2, 0.25) is 0 Å². The van der Waals surface area contributed by atoms with Gasteiger partial charge in [-0.3, -0.25) is 9.89 Å². The second kappa shape index (κ2) is 11.0. The molecule has 0 unspecified atom stereocenters. The monoisotopic (exact) mass is 480 g/mol. The Morgan fingerprint density at radius 3 is 2.36 bits per heavy atom. The number of hydrogen-bond acceptors (Lipinski definition) is 4. The lowest BCUT2D eigenvalue weighted by Crippen LogP contribution is -2.52. The largest absolute Gasteiger partial charge is 0.357 e. The summed E-state index contributed by atoms with van der Waals surface area (Å²) in [6, 6.07) is 10.5. The predicted octanol–water partition coefficient (Wildman–Crippen LogP) is 1.43. The first-order valence-electron chi connectivity index (χ1n) is 8.45. The summed E-state index contributed by atoms with van der Waals surface area (Å²) < 4.78 is 22.5. The molecule has 0 radical (unpaired) electrons. The third-order valence-electron chi connectivity index (χ3n) is 3.98. The van der Waals surface area contributed by atoms with Gasteiger partial charge in [-0.15, -0.1) is 24.0 Å². The molecule has 1 N–H and O–H groups in total. The van der Waals surface area contributed by atoms with Gasteiger partial charge in [-0.25, -0.2) is 8.42 Å². The second-order valence-electron chi connectivity index (χ2n) is 6.11. The molecule has 1 fully saturated rings. The number of sulfone groups is 1. The molecule has 1 aliphatic heterocycles. The lowest BCUT2D eigenvalue weighted by molar-refractivity contribution is 0.172. The van der Waals surface area contributed by atoms with Crippen LogP contribution in [0.4, 0.5) is 0 Å². The number of nitrogens with zero attached hydrogens (tertiary/aromatic N) is 3. The maximum Gasteiger partial charge on any atom is 0.194 e. The number of rotatable bonds is 6. The summed E-state index contributed by atoms with van der Waals surface area (Å²) in [6.45, 7) is 7.84. The molecule has 6 nitrogen and oxygen atoms in total. The summed E-state index contributed by atoms with van der Waals surface area (Å²) in [5.74, 6) is 0.913. The van der Waals surface area contributed by atoms with E-state index in [2.05, 4.69) is 44.4 Å². The number of hydrogen-bond donors (Lipinski definition) is 1. The predicted molar refractivity (Wildman–Crippen MR) is 114 cm³/mol. The molecule has 0 aromatic heterocycles. The molecule has 25 heavy (non-hydrogen) atoms. The average molecular weight is 480 g/mol. The Bertz CT molecular complexity index is 629. The Hall–Kier alpha value is -0.870. The van der Waals surface area contributed by atoms with Crippen LogP contribution in [0.3, 0.4) is 0 Å². The fourth-order valence-corrected chi connectivity index (χ4v) is 3.13. The molecule has 1 heterocycles. The Morgan fingerprint density at radius 2 is 1.80 bits per heavy atom. The molecular formula is C17H29IN4O2S. The maximum atomic E-state index is 11.3. The van der Waals surface area contributed by atoms with Gasteiger partial charge in [-0.1, -0.05) is 30.3 Å². The molecule has 0 saturated carbocycles. The quantitative estimate of drug-likeness (QED) is 0.379. The first-order chi connectivity index (χ1) is 11.5. The smallest absolute Gasteiger partial charge is 0.194 e. The number of halogens is 1. The Labute approximate surface area is 168 Å². The van der Waals surface area contributed by atoms with Crippen LogP contribution >= 0.6 is 24.0 Å². The van der Waals surface area contributed by atoms with E-state index in [0.717, 1.165) is 45.2 Å². The zero-order chi connectivity index (χ0) is 17.4.